The van der Waals surface area contributed by atoms with Crippen LogP contribution in [0.25, 0.3) is 0 Å². The van der Waals surface area contributed by atoms with Crippen molar-refractivity contribution in [3.63, 3.8) is 0 Å². The van der Waals surface area contributed by atoms with Gasteiger partial charge >= 0.3 is 6.18 Å². The Bertz CT molecular complexity index is 318. The molecule has 6 heteroatoms. The van der Waals surface area contributed by atoms with Gasteiger partial charge < -0.3 is 10.2 Å². The Balaban J connectivity index is 2.71. The lowest BCUT2D eigenvalue weighted by Gasteiger charge is -2.34. The van der Waals surface area contributed by atoms with Gasteiger partial charge in [-0.05, 0) is 31.2 Å². The van der Waals surface area contributed by atoms with Crippen molar-refractivity contribution < 1.29 is 18.0 Å². The minimum Gasteiger partial charge on any atom is -0.332 e. The maximum Gasteiger partial charge on any atom is 0.406 e. The molecule has 0 spiro atoms. The molecule has 1 saturated heterocycles. The molecule has 1 heterocycles. The van der Waals surface area contributed by atoms with Gasteiger partial charge in [0.15, 0.2) is 0 Å². The Hall–Kier alpha value is -0.780. The number of alkyl halides is 3. The van der Waals surface area contributed by atoms with E-state index in [0.29, 0.717) is 18.9 Å². The summed E-state index contributed by atoms with van der Waals surface area (Å²) in [5.41, 5.74) is 0. The van der Waals surface area contributed by atoms with E-state index in [1.165, 1.54) is 0 Å². The number of halogens is 3. The first-order chi connectivity index (χ1) is 9.23. The normalized spacial score (nSPS) is 23.9. The van der Waals surface area contributed by atoms with Crippen molar-refractivity contribution in [1.82, 2.24) is 10.2 Å². The van der Waals surface area contributed by atoms with Crippen LogP contribution in [0, 0.1) is 11.8 Å². The topological polar surface area (TPSA) is 32.3 Å². The van der Waals surface area contributed by atoms with Crippen molar-refractivity contribution in [2.75, 3.05) is 19.6 Å². The molecule has 20 heavy (non-hydrogen) atoms. The summed E-state index contributed by atoms with van der Waals surface area (Å²) in [6.45, 7) is 5.39. The second kappa shape index (κ2) is 7.29. The lowest BCUT2D eigenvalue weighted by Crippen LogP contribution is -2.53. The fraction of sp³-hybridized carbons (Fsp3) is 0.929. The van der Waals surface area contributed by atoms with Crippen LogP contribution in [0.3, 0.4) is 0 Å². The highest BCUT2D eigenvalue weighted by atomic mass is 19.4. The van der Waals surface area contributed by atoms with Gasteiger partial charge in [0.1, 0.15) is 6.54 Å². The summed E-state index contributed by atoms with van der Waals surface area (Å²) in [6, 6.07) is -0.463. The third-order valence-corrected chi connectivity index (χ3v) is 3.66. The standard InChI is InChI=1S/C14H25F3N2O/c1-4-11-5-6-18-12(7-11)13(20)19(8-10(2)3)9-14(15,16)17/h10-12,18H,4-9H2,1-3H3. The summed E-state index contributed by atoms with van der Waals surface area (Å²) < 4.78 is 37.8. The molecule has 2 unspecified atom stereocenters. The number of carbonyl (C=O) groups excluding carboxylic acids is 1. The van der Waals surface area contributed by atoms with Gasteiger partial charge in [-0.25, -0.2) is 0 Å². The molecule has 1 aliphatic heterocycles. The van der Waals surface area contributed by atoms with Crippen molar-refractivity contribution in [2.24, 2.45) is 11.8 Å². The van der Waals surface area contributed by atoms with Gasteiger partial charge in [0, 0.05) is 6.54 Å². The molecule has 3 nitrogen and oxygen atoms in total. The minimum atomic E-state index is -4.34. The van der Waals surface area contributed by atoms with Gasteiger partial charge in [0.25, 0.3) is 0 Å². The monoisotopic (exact) mass is 294 g/mol. The Labute approximate surface area is 118 Å². The molecule has 1 fully saturated rings. The first-order valence-corrected chi connectivity index (χ1v) is 7.31. The van der Waals surface area contributed by atoms with E-state index in [-0.39, 0.29) is 12.5 Å². The Kier molecular flexibility index (Phi) is 6.30. The third-order valence-electron chi connectivity index (χ3n) is 3.66. The van der Waals surface area contributed by atoms with Crippen LogP contribution >= 0.6 is 0 Å². The maximum absolute atomic E-state index is 12.6. The number of rotatable bonds is 5. The van der Waals surface area contributed by atoms with Gasteiger partial charge in [-0.1, -0.05) is 27.2 Å². The highest BCUT2D eigenvalue weighted by Gasteiger charge is 2.36. The number of carbonyl (C=O) groups is 1. The number of nitrogens with zero attached hydrogens (tertiary/aromatic N) is 1. The highest BCUT2D eigenvalue weighted by molar-refractivity contribution is 5.82. The van der Waals surface area contributed by atoms with Gasteiger partial charge in [-0.3, -0.25) is 4.79 Å². The molecule has 0 bridgehead atoms. The van der Waals surface area contributed by atoms with Crippen LogP contribution in [0.15, 0.2) is 0 Å². The molecule has 1 amide bonds. The third kappa shape index (κ3) is 5.69. The number of nitrogens with one attached hydrogen (secondary N) is 1. The zero-order valence-corrected chi connectivity index (χ0v) is 12.5. The van der Waals surface area contributed by atoms with E-state index in [4.69, 9.17) is 0 Å². The molecule has 1 rings (SSSR count). The predicted octanol–water partition coefficient (Wildman–Crippen LogP) is 2.81. The van der Waals surface area contributed by atoms with Crippen molar-refractivity contribution in [3.8, 4) is 0 Å². The molecule has 0 aliphatic carbocycles. The summed E-state index contributed by atoms with van der Waals surface area (Å²) >= 11 is 0. The van der Waals surface area contributed by atoms with Gasteiger partial charge in [0.2, 0.25) is 5.91 Å². The predicted molar refractivity (Wildman–Crippen MR) is 72.3 cm³/mol. The van der Waals surface area contributed by atoms with E-state index in [2.05, 4.69) is 12.2 Å². The van der Waals surface area contributed by atoms with Crippen molar-refractivity contribution in [2.45, 2.75) is 52.3 Å². The Morgan fingerprint density at radius 2 is 2.05 bits per heavy atom. The summed E-state index contributed by atoms with van der Waals surface area (Å²) in [5, 5.41) is 3.06. The van der Waals surface area contributed by atoms with E-state index in [9.17, 15) is 18.0 Å². The number of amides is 1. The van der Waals surface area contributed by atoms with Crippen LogP contribution in [-0.4, -0.2) is 42.7 Å². The summed E-state index contributed by atoms with van der Waals surface area (Å²) in [6.07, 6.45) is -1.75. The molecular formula is C14H25F3N2O. The van der Waals surface area contributed by atoms with Crippen LogP contribution in [0.2, 0.25) is 0 Å². The smallest absolute Gasteiger partial charge is 0.332 e. The van der Waals surface area contributed by atoms with Crippen molar-refractivity contribution >= 4 is 5.91 Å². The first-order valence-electron chi connectivity index (χ1n) is 7.31. The highest BCUT2D eigenvalue weighted by Crippen LogP contribution is 2.23. The summed E-state index contributed by atoms with van der Waals surface area (Å²) in [4.78, 5) is 13.3. The molecule has 0 radical (unpaired) electrons. The second-order valence-electron chi connectivity index (χ2n) is 6.03. The molecule has 0 aromatic heterocycles. The molecule has 0 aromatic carbocycles. The summed E-state index contributed by atoms with van der Waals surface area (Å²) in [5.74, 6) is 0.0398. The quantitative estimate of drug-likeness (QED) is 0.845. The van der Waals surface area contributed by atoms with Crippen LogP contribution in [0.1, 0.15) is 40.0 Å². The molecule has 1 aliphatic rings. The van der Waals surface area contributed by atoms with Gasteiger partial charge in [-0.2, -0.15) is 13.2 Å². The summed E-state index contributed by atoms with van der Waals surface area (Å²) in [7, 11) is 0. The molecule has 0 aromatic rings. The molecule has 2 atom stereocenters. The van der Waals surface area contributed by atoms with Gasteiger partial charge in [-0.15, -0.1) is 0 Å². The minimum absolute atomic E-state index is 0.0202. The van der Waals surface area contributed by atoms with Gasteiger partial charge in [0.05, 0.1) is 6.04 Å². The fourth-order valence-corrected chi connectivity index (χ4v) is 2.67. The maximum atomic E-state index is 12.6. The molecule has 0 saturated carbocycles. The Morgan fingerprint density at radius 1 is 1.40 bits per heavy atom. The van der Waals surface area contributed by atoms with Crippen molar-refractivity contribution in [3.05, 3.63) is 0 Å². The van der Waals surface area contributed by atoms with E-state index in [0.717, 1.165) is 17.7 Å². The Morgan fingerprint density at radius 3 is 2.55 bits per heavy atom. The van der Waals surface area contributed by atoms with Crippen LogP contribution < -0.4 is 5.32 Å². The zero-order chi connectivity index (χ0) is 15.3. The number of piperidine rings is 1. The van der Waals surface area contributed by atoms with Crippen molar-refractivity contribution in [1.29, 1.82) is 0 Å². The second-order valence-corrected chi connectivity index (χ2v) is 6.03. The fourth-order valence-electron chi connectivity index (χ4n) is 2.67. The van der Waals surface area contributed by atoms with E-state index < -0.39 is 24.7 Å². The molecule has 118 valence electrons. The lowest BCUT2D eigenvalue weighted by atomic mass is 9.90. The van der Waals surface area contributed by atoms with E-state index in [1.54, 1.807) is 0 Å². The van der Waals surface area contributed by atoms with E-state index in [1.807, 2.05) is 13.8 Å². The molecular weight excluding hydrogens is 269 g/mol. The van der Waals surface area contributed by atoms with Crippen LogP contribution in [0.4, 0.5) is 13.2 Å². The first kappa shape index (κ1) is 17.3. The zero-order valence-electron chi connectivity index (χ0n) is 12.5. The number of hydrogen-bond acceptors (Lipinski definition) is 2. The molecule has 1 N–H and O–H groups in total. The lowest BCUT2D eigenvalue weighted by molar-refractivity contribution is -0.164. The largest absolute Gasteiger partial charge is 0.406 e. The SMILES string of the molecule is CCC1CCNC(C(=O)N(CC(C)C)CC(F)(F)F)C1. The van der Waals surface area contributed by atoms with Crippen LogP contribution in [0.5, 0.6) is 0 Å². The van der Waals surface area contributed by atoms with Crippen LogP contribution in [-0.2, 0) is 4.79 Å². The average molecular weight is 294 g/mol. The van der Waals surface area contributed by atoms with E-state index >= 15 is 0 Å². The average Bonchev–Trinajstić information content (AvgIpc) is 2.35. The number of hydrogen-bond donors (Lipinski definition) is 1.